The number of benzene rings is 1. The molecule has 3 heterocycles. The molecule has 2 aliphatic heterocycles. The van der Waals surface area contributed by atoms with Crippen molar-refractivity contribution in [1.82, 2.24) is 20.1 Å². The van der Waals surface area contributed by atoms with Crippen molar-refractivity contribution < 1.29 is 14.0 Å². The molecule has 2 saturated heterocycles. The smallest absolute Gasteiger partial charge is 0.267 e. The minimum Gasteiger partial charge on any atom is -0.350 e. The Morgan fingerprint density at radius 3 is 2.60 bits per heavy atom. The average Bonchev–Trinajstić information content (AvgIpc) is 3.08. The molecule has 162 valence electrons. The van der Waals surface area contributed by atoms with Crippen molar-refractivity contribution in [2.45, 2.75) is 58.0 Å². The lowest BCUT2D eigenvalue weighted by Gasteiger charge is -2.38. The zero-order chi connectivity index (χ0) is 21.3. The van der Waals surface area contributed by atoms with Crippen molar-refractivity contribution in [1.29, 1.82) is 0 Å². The van der Waals surface area contributed by atoms with Crippen molar-refractivity contribution >= 4 is 22.7 Å². The van der Waals surface area contributed by atoms with Crippen LogP contribution in [0, 0.1) is 12.7 Å². The minimum absolute atomic E-state index is 0.0724. The number of rotatable bonds is 3. The predicted molar refractivity (Wildman–Crippen MR) is 115 cm³/mol. The van der Waals surface area contributed by atoms with E-state index in [2.05, 4.69) is 15.2 Å². The van der Waals surface area contributed by atoms with Crippen molar-refractivity contribution in [3.8, 4) is 0 Å². The number of aromatic amines is 1. The number of fused-ring (bicyclic) bond motifs is 1. The van der Waals surface area contributed by atoms with Crippen LogP contribution in [0.5, 0.6) is 0 Å². The topological polar surface area (TPSA) is 68.4 Å². The fourth-order valence-electron chi connectivity index (χ4n) is 4.88. The molecule has 0 radical (unpaired) electrons. The van der Waals surface area contributed by atoms with E-state index in [0.29, 0.717) is 22.6 Å². The summed E-state index contributed by atoms with van der Waals surface area (Å²) < 4.78 is 14.1. The summed E-state index contributed by atoms with van der Waals surface area (Å²) in [4.78, 5) is 32.0. The number of aryl methyl sites for hydroxylation is 1. The van der Waals surface area contributed by atoms with Crippen molar-refractivity contribution in [3.63, 3.8) is 0 Å². The molecule has 4 rings (SSSR count). The molecule has 0 saturated carbocycles. The monoisotopic (exact) mass is 414 g/mol. The molecule has 7 heteroatoms. The van der Waals surface area contributed by atoms with Gasteiger partial charge in [0.15, 0.2) is 0 Å². The van der Waals surface area contributed by atoms with Crippen LogP contribution >= 0.6 is 0 Å². The number of carbonyl (C=O) groups is 2. The zero-order valence-electron chi connectivity index (χ0n) is 17.8. The van der Waals surface area contributed by atoms with Crippen LogP contribution in [0.15, 0.2) is 18.2 Å². The van der Waals surface area contributed by atoms with E-state index in [1.54, 1.807) is 19.1 Å². The average molecular weight is 415 g/mol. The predicted octanol–water partition coefficient (Wildman–Crippen LogP) is 3.21. The number of hydrogen-bond acceptors (Lipinski definition) is 3. The van der Waals surface area contributed by atoms with E-state index >= 15 is 0 Å². The lowest BCUT2D eigenvalue weighted by molar-refractivity contribution is -0.130. The summed E-state index contributed by atoms with van der Waals surface area (Å²) in [6, 6.07) is 5.30. The molecule has 1 unspecified atom stereocenters. The highest BCUT2D eigenvalue weighted by Gasteiger charge is 2.29. The molecule has 2 aliphatic rings. The second-order valence-corrected chi connectivity index (χ2v) is 8.73. The highest BCUT2D eigenvalue weighted by atomic mass is 19.1. The molecule has 1 aromatic carbocycles. The van der Waals surface area contributed by atoms with Crippen LogP contribution in [0.2, 0.25) is 0 Å². The SMILES string of the molecule is CC(=O)N1CCC(N2CCCCC(NC(=O)c3cc4c(F)ccc(C)c4[nH]3)C2)CC1. The number of carbonyl (C=O) groups excluding carboxylic acids is 2. The summed E-state index contributed by atoms with van der Waals surface area (Å²) in [7, 11) is 0. The van der Waals surface area contributed by atoms with E-state index in [-0.39, 0.29) is 23.7 Å². The normalized spacial score (nSPS) is 21.6. The van der Waals surface area contributed by atoms with Gasteiger partial charge in [0.1, 0.15) is 11.5 Å². The zero-order valence-corrected chi connectivity index (χ0v) is 17.8. The summed E-state index contributed by atoms with van der Waals surface area (Å²) in [5.41, 5.74) is 2.01. The van der Waals surface area contributed by atoms with E-state index < -0.39 is 0 Å². The Labute approximate surface area is 176 Å². The molecule has 30 heavy (non-hydrogen) atoms. The molecule has 0 bridgehead atoms. The standard InChI is InChI=1S/C23H31FN4O2/c1-15-6-7-20(24)19-13-21(26-22(15)19)23(30)25-17-5-3-4-10-28(14-17)18-8-11-27(12-9-18)16(2)29/h6-7,13,17-18,26H,3-5,8-12,14H2,1-2H3,(H,25,30). The Morgan fingerprint density at radius 2 is 1.90 bits per heavy atom. The van der Waals surface area contributed by atoms with Gasteiger partial charge in [-0.3, -0.25) is 14.5 Å². The number of piperidine rings is 1. The van der Waals surface area contributed by atoms with Gasteiger partial charge in [0.25, 0.3) is 5.91 Å². The number of hydrogen-bond donors (Lipinski definition) is 2. The third-order valence-corrected chi connectivity index (χ3v) is 6.66. The fourth-order valence-corrected chi connectivity index (χ4v) is 4.88. The number of nitrogens with one attached hydrogen (secondary N) is 2. The van der Waals surface area contributed by atoms with Gasteiger partial charge in [-0.25, -0.2) is 4.39 Å². The molecular weight excluding hydrogens is 383 g/mol. The first-order valence-electron chi connectivity index (χ1n) is 11.0. The molecule has 2 amide bonds. The third kappa shape index (κ3) is 4.36. The molecule has 1 aromatic heterocycles. The first-order chi connectivity index (χ1) is 14.4. The maximum atomic E-state index is 14.1. The van der Waals surface area contributed by atoms with Crippen LogP contribution in [-0.4, -0.2) is 64.9 Å². The quantitative estimate of drug-likeness (QED) is 0.810. The number of nitrogens with zero attached hydrogens (tertiary/aromatic N) is 2. The molecule has 0 spiro atoms. The maximum Gasteiger partial charge on any atom is 0.267 e. The largest absolute Gasteiger partial charge is 0.350 e. The van der Waals surface area contributed by atoms with Gasteiger partial charge in [-0.15, -0.1) is 0 Å². The Hall–Kier alpha value is -2.41. The Balaban J connectivity index is 1.41. The van der Waals surface area contributed by atoms with Crippen LogP contribution in [0.3, 0.4) is 0 Å². The second-order valence-electron chi connectivity index (χ2n) is 8.73. The fraction of sp³-hybridized carbons (Fsp3) is 0.565. The lowest BCUT2D eigenvalue weighted by atomic mass is 10.0. The summed E-state index contributed by atoms with van der Waals surface area (Å²) >= 11 is 0. The van der Waals surface area contributed by atoms with Crippen molar-refractivity contribution in [2.24, 2.45) is 0 Å². The van der Waals surface area contributed by atoms with Crippen LogP contribution in [0.4, 0.5) is 4.39 Å². The van der Waals surface area contributed by atoms with Gasteiger partial charge in [0.05, 0.1) is 5.52 Å². The highest BCUT2D eigenvalue weighted by Crippen LogP contribution is 2.24. The van der Waals surface area contributed by atoms with Gasteiger partial charge in [-0.2, -0.15) is 0 Å². The molecule has 2 fully saturated rings. The first-order valence-corrected chi connectivity index (χ1v) is 11.0. The van der Waals surface area contributed by atoms with Crippen molar-refractivity contribution in [3.05, 3.63) is 35.3 Å². The van der Waals surface area contributed by atoms with Gasteiger partial charge in [-0.1, -0.05) is 12.5 Å². The van der Waals surface area contributed by atoms with E-state index in [1.165, 1.54) is 6.07 Å². The van der Waals surface area contributed by atoms with Crippen LogP contribution in [-0.2, 0) is 4.79 Å². The number of amides is 2. The van der Waals surface area contributed by atoms with Crippen LogP contribution < -0.4 is 5.32 Å². The molecular formula is C23H31FN4O2. The van der Waals surface area contributed by atoms with Crippen molar-refractivity contribution in [2.75, 3.05) is 26.2 Å². The Morgan fingerprint density at radius 1 is 1.13 bits per heavy atom. The summed E-state index contributed by atoms with van der Waals surface area (Å²) in [5.74, 6) is -0.342. The van der Waals surface area contributed by atoms with E-state index in [1.807, 2.05) is 11.8 Å². The van der Waals surface area contributed by atoms with Gasteiger partial charge >= 0.3 is 0 Å². The second kappa shape index (κ2) is 8.76. The lowest BCUT2D eigenvalue weighted by Crippen LogP contribution is -2.50. The number of halogens is 1. The number of aromatic nitrogens is 1. The number of likely N-dealkylation sites (tertiary alicyclic amines) is 2. The molecule has 6 nitrogen and oxygen atoms in total. The summed E-state index contributed by atoms with van der Waals surface area (Å²) in [6.07, 6.45) is 5.12. The van der Waals surface area contributed by atoms with Crippen LogP contribution in [0.25, 0.3) is 10.9 Å². The van der Waals surface area contributed by atoms with Gasteiger partial charge in [0.2, 0.25) is 5.91 Å². The van der Waals surface area contributed by atoms with Crippen LogP contribution in [0.1, 0.15) is 55.1 Å². The van der Waals surface area contributed by atoms with E-state index in [9.17, 15) is 14.0 Å². The molecule has 0 aliphatic carbocycles. The minimum atomic E-state index is -0.316. The maximum absolute atomic E-state index is 14.1. The van der Waals surface area contributed by atoms with Gasteiger partial charge in [0, 0.05) is 44.0 Å². The first kappa shape index (κ1) is 20.8. The Kier molecular flexibility index (Phi) is 6.09. The Bertz CT molecular complexity index is 894. The van der Waals surface area contributed by atoms with E-state index in [4.69, 9.17) is 0 Å². The van der Waals surface area contributed by atoms with E-state index in [0.717, 1.165) is 63.8 Å². The molecule has 1 atom stereocenters. The highest BCUT2D eigenvalue weighted by molar-refractivity contribution is 5.99. The third-order valence-electron chi connectivity index (χ3n) is 6.66. The summed E-state index contributed by atoms with van der Waals surface area (Å²) in [5, 5.41) is 3.63. The number of H-pyrrole nitrogens is 1. The van der Waals surface area contributed by atoms with Gasteiger partial charge in [-0.05, 0) is 56.8 Å². The molecule has 2 N–H and O–H groups in total. The molecule has 2 aromatic rings. The summed E-state index contributed by atoms with van der Waals surface area (Å²) in [6.45, 7) is 7.02. The van der Waals surface area contributed by atoms with Gasteiger partial charge < -0.3 is 15.2 Å².